The number of hydrogen-bond acceptors (Lipinski definition) is 3. The lowest BCUT2D eigenvalue weighted by Gasteiger charge is -2.10. The van der Waals surface area contributed by atoms with Gasteiger partial charge >= 0.3 is 0 Å². The Morgan fingerprint density at radius 2 is 2.28 bits per heavy atom. The lowest BCUT2D eigenvalue weighted by molar-refractivity contribution is 0.102. The van der Waals surface area contributed by atoms with Gasteiger partial charge in [0.25, 0.3) is 5.91 Å². The predicted molar refractivity (Wildman–Crippen MR) is 69.3 cm³/mol. The molecule has 0 unspecified atom stereocenters. The number of aryl methyl sites for hydroxylation is 1. The van der Waals surface area contributed by atoms with E-state index < -0.39 is 0 Å². The topological polar surface area (TPSA) is 67.0 Å². The van der Waals surface area contributed by atoms with Gasteiger partial charge in [-0.15, -0.1) is 0 Å². The molecule has 2 N–H and O–H groups in total. The molecule has 1 aromatic heterocycles. The number of carbonyl (C=O) groups is 1. The highest BCUT2D eigenvalue weighted by Crippen LogP contribution is 2.28. The van der Waals surface area contributed by atoms with Crippen LogP contribution >= 0.6 is 11.6 Å². The van der Waals surface area contributed by atoms with Crippen molar-refractivity contribution in [2.24, 2.45) is 0 Å². The zero-order chi connectivity index (χ0) is 13.1. The van der Waals surface area contributed by atoms with Gasteiger partial charge in [0.1, 0.15) is 11.4 Å². The zero-order valence-electron chi connectivity index (χ0n) is 9.95. The van der Waals surface area contributed by atoms with Crippen LogP contribution in [0.1, 0.15) is 16.1 Å². The van der Waals surface area contributed by atoms with Crippen LogP contribution in [0.25, 0.3) is 0 Å². The first-order valence-corrected chi connectivity index (χ1v) is 5.64. The molecule has 2 aromatic rings. The molecule has 1 aromatic carbocycles. The van der Waals surface area contributed by atoms with Crippen molar-refractivity contribution in [3.05, 3.63) is 40.7 Å². The molecule has 1 heterocycles. The molecule has 0 bridgehead atoms. The number of aromatic nitrogens is 2. The van der Waals surface area contributed by atoms with Crippen LogP contribution in [0.5, 0.6) is 5.75 Å². The Hall–Kier alpha value is -2.01. The maximum Gasteiger partial charge on any atom is 0.274 e. The Balaban J connectivity index is 2.27. The average molecular weight is 266 g/mol. The second kappa shape index (κ2) is 5.10. The molecule has 5 nitrogen and oxygen atoms in total. The first kappa shape index (κ1) is 12.4. The van der Waals surface area contributed by atoms with E-state index in [0.29, 0.717) is 22.2 Å². The van der Waals surface area contributed by atoms with E-state index >= 15 is 0 Å². The summed E-state index contributed by atoms with van der Waals surface area (Å²) in [5.74, 6) is 0.260. The molecule has 0 aliphatic heterocycles. The number of rotatable bonds is 3. The van der Waals surface area contributed by atoms with Crippen LogP contribution in [0.15, 0.2) is 24.4 Å². The number of anilines is 1. The minimum atomic E-state index is -0.287. The maximum absolute atomic E-state index is 12.0. The van der Waals surface area contributed by atoms with Crippen molar-refractivity contribution in [3.8, 4) is 5.75 Å². The van der Waals surface area contributed by atoms with Crippen molar-refractivity contribution in [1.82, 2.24) is 10.2 Å². The van der Waals surface area contributed by atoms with Gasteiger partial charge < -0.3 is 10.1 Å². The number of methoxy groups -OCH3 is 1. The number of nitrogens with one attached hydrogen (secondary N) is 2. The van der Waals surface area contributed by atoms with Gasteiger partial charge in [-0.2, -0.15) is 5.10 Å². The Labute approximate surface area is 109 Å². The van der Waals surface area contributed by atoms with Gasteiger partial charge in [-0.1, -0.05) is 11.6 Å². The summed E-state index contributed by atoms with van der Waals surface area (Å²) in [6, 6.07) is 5.01. The molecule has 0 fully saturated rings. The fourth-order valence-corrected chi connectivity index (χ4v) is 1.71. The second-order valence-corrected chi connectivity index (χ2v) is 4.16. The third-order valence-electron chi connectivity index (χ3n) is 2.47. The van der Waals surface area contributed by atoms with Crippen LogP contribution in [0.4, 0.5) is 5.69 Å². The number of nitrogens with zero attached hydrogens (tertiary/aromatic N) is 1. The smallest absolute Gasteiger partial charge is 0.274 e. The molecular weight excluding hydrogens is 254 g/mol. The fourth-order valence-electron chi connectivity index (χ4n) is 1.54. The molecule has 0 saturated heterocycles. The van der Waals surface area contributed by atoms with Gasteiger partial charge in [-0.3, -0.25) is 9.89 Å². The van der Waals surface area contributed by atoms with Crippen LogP contribution < -0.4 is 10.1 Å². The lowest BCUT2D eigenvalue weighted by Crippen LogP contribution is -2.14. The number of benzene rings is 1. The third-order valence-corrected chi connectivity index (χ3v) is 2.70. The van der Waals surface area contributed by atoms with Gasteiger partial charge in [0.15, 0.2) is 0 Å². The molecule has 0 radical (unpaired) electrons. The summed E-state index contributed by atoms with van der Waals surface area (Å²) in [6.07, 6.45) is 1.59. The highest BCUT2D eigenvalue weighted by molar-refractivity contribution is 6.31. The molecule has 2 rings (SSSR count). The second-order valence-electron chi connectivity index (χ2n) is 3.73. The number of halogens is 1. The first-order chi connectivity index (χ1) is 8.61. The number of amides is 1. The van der Waals surface area contributed by atoms with E-state index in [1.54, 1.807) is 31.3 Å². The Kier molecular flexibility index (Phi) is 3.53. The fraction of sp³-hybridized carbons (Fsp3) is 0.167. The minimum Gasteiger partial charge on any atom is -0.495 e. The van der Waals surface area contributed by atoms with Gasteiger partial charge in [-0.05, 0) is 30.7 Å². The summed E-state index contributed by atoms with van der Waals surface area (Å²) in [6.45, 7) is 1.80. The van der Waals surface area contributed by atoms with Gasteiger partial charge in [0.2, 0.25) is 0 Å². The summed E-state index contributed by atoms with van der Waals surface area (Å²) in [4.78, 5) is 12.0. The van der Waals surface area contributed by atoms with E-state index in [1.165, 1.54) is 7.11 Å². The van der Waals surface area contributed by atoms with E-state index in [4.69, 9.17) is 16.3 Å². The number of ether oxygens (including phenoxy) is 1. The van der Waals surface area contributed by atoms with Crippen molar-refractivity contribution in [2.45, 2.75) is 6.92 Å². The van der Waals surface area contributed by atoms with Gasteiger partial charge in [0.05, 0.1) is 19.0 Å². The quantitative estimate of drug-likeness (QED) is 0.896. The van der Waals surface area contributed by atoms with Crippen molar-refractivity contribution >= 4 is 23.2 Å². The van der Waals surface area contributed by atoms with E-state index in [-0.39, 0.29) is 5.91 Å². The first-order valence-electron chi connectivity index (χ1n) is 5.26. The molecule has 6 heteroatoms. The van der Waals surface area contributed by atoms with Crippen LogP contribution in [0.2, 0.25) is 5.02 Å². The summed E-state index contributed by atoms with van der Waals surface area (Å²) in [5, 5.41) is 9.69. The monoisotopic (exact) mass is 265 g/mol. The summed E-state index contributed by atoms with van der Waals surface area (Å²) >= 11 is 5.89. The number of aromatic amines is 1. The summed E-state index contributed by atoms with van der Waals surface area (Å²) in [7, 11) is 1.53. The van der Waals surface area contributed by atoms with Gasteiger partial charge in [0, 0.05) is 5.02 Å². The molecule has 0 saturated carbocycles. The predicted octanol–water partition coefficient (Wildman–Crippen LogP) is 2.63. The number of H-pyrrole nitrogens is 1. The molecule has 0 aliphatic rings. The summed E-state index contributed by atoms with van der Waals surface area (Å²) in [5.41, 5.74) is 1.70. The number of carbonyl (C=O) groups excluding carboxylic acids is 1. The molecular formula is C12H12ClN3O2. The molecule has 0 aliphatic carbocycles. The Bertz CT molecular complexity index is 580. The minimum absolute atomic E-state index is 0.287. The highest BCUT2D eigenvalue weighted by Gasteiger charge is 2.13. The van der Waals surface area contributed by atoms with E-state index in [1.807, 2.05) is 0 Å². The van der Waals surface area contributed by atoms with Crippen LogP contribution in [-0.4, -0.2) is 23.2 Å². The Morgan fingerprint density at radius 3 is 2.89 bits per heavy atom. The number of hydrogen-bond donors (Lipinski definition) is 2. The van der Waals surface area contributed by atoms with E-state index in [9.17, 15) is 4.79 Å². The normalized spacial score (nSPS) is 10.2. The molecule has 0 spiro atoms. The molecule has 1 amide bonds. The lowest BCUT2D eigenvalue weighted by atomic mass is 10.2. The van der Waals surface area contributed by atoms with Crippen molar-refractivity contribution in [2.75, 3.05) is 12.4 Å². The molecule has 0 atom stereocenters. The third kappa shape index (κ3) is 2.46. The van der Waals surface area contributed by atoms with E-state index in [0.717, 1.165) is 5.56 Å². The van der Waals surface area contributed by atoms with Crippen molar-refractivity contribution in [3.63, 3.8) is 0 Å². The van der Waals surface area contributed by atoms with Crippen LogP contribution in [0, 0.1) is 6.92 Å². The zero-order valence-corrected chi connectivity index (χ0v) is 10.7. The SMILES string of the molecule is COc1ccc(Cl)cc1NC(=O)c1[nH]ncc1C. The standard InChI is InChI=1S/C12H12ClN3O2/c1-7-6-14-16-11(7)12(17)15-9-5-8(13)3-4-10(9)18-2/h3-6H,1-2H3,(H,14,16)(H,15,17). The Morgan fingerprint density at radius 1 is 1.50 bits per heavy atom. The van der Waals surface area contributed by atoms with Crippen molar-refractivity contribution < 1.29 is 9.53 Å². The molecule has 18 heavy (non-hydrogen) atoms. The van der Waals surface area contributed by atoms with Crippen LogP contribution in [0.3, 0.4) is 0 Å². The van der Waals surface area contributed by atoms with Crippen molar-refractivity contribution in [1.29, 1.82) is 0 Å². The highest BCUT2D eigenvalue weighted by atomic mass is 35.5. The maximum atomic E-state index is 12.0. The molecule has 94 valence electrons. The average Bonchev–Trinajstić information content (AvgIpc) is 2.76. The van der Waals surface area contributed by atoms with Gasteiger partial charge in [-0.25, -0.2) is 0 Å². The summed E-state index contributed by atoms with van der Waals surface area (Å²) < 4.78 is 5.15. The van der Waals surface area contributed by atoms with Crippen LogP contribution in [-0.2, 0) is 0 Å². The van der Waals surface area contributed by atoms with E-state index in [2.05, 4.69) is 15.5 Å². The largest absolute Gasteiger partial charge is 0.495 e.